The van der Waals surface area contributed by atoms with E-state index in [0.717, 1.165) is 37.3 Å². The maximum Gasteiger partial charge on any atom is 0.251 e. The lowest BCUT2D eigenvalue weighted by molar-refractivity contribution is 0.109. The summed E-state index contributed by atoms with van der Waals surface area (Å²) < 4.78 is 6.19. The smallest absolute Gasteiger partial charge is 0.251 e. The van der Waals surface area contributed by atoms with E-state index in [9.17, 15) is 4.79 Å². The molecule has 1 saturated heterocycles. The van der Waals surface area contributed by atoms with Gasteiger partial charge < -0.3 is 9.47 Å². The Hall–Kier alpha value is -1.46. The Bertz CT molecular complexity index is 750. The van der Waals surface area contributed by atoms with Crippen molar-refractivity contribution in [1.82, 2.24) is 13.8 Å². The summed E-state index contributed by atoms with van der Waals surface area (Å²) in [7, 11) is 0. The third kappa shape index (κ3) is 2.88. The van der Waals surface area contributed by atoms with Gasteiger partial charge in [-0.1, -0.05) is 13.8 Å². The van der Waals surface area contributed by atoms with E-state index in [-0.39, 0.29) is 5.56 Å². The Morgan fingerprint density at radius 1 is 1.26 bits per heavy atom. The van der Waals surface area contributed by atoms with Gasteiger partial charge in [-0.3, -0.25) is 4.79 Å². The molecule has 0 aliphatic carbocycles. The fourth-order valence-electron chi connectivity index (χ4n) is 4.24. The van der Waals surface area contributed by atoms with Crippen LogP contribution >= 0.6 is 11.5 Å². The maximum absolute atomic E-state index is 12.6. The third-order valence-corrected chi connectivity index (χ3v) is 5.61. The highest BCUT2D eigenvalue weighted by Gasteiger charge is 2.34. The van der Waals surface area contributed by atoms with Crippen LogP contribution < -0.4 is 5.56 Å². The molecule has 2 atom stereocenters. The maximum atomic E-state index is 12.6. The van der Waals surface area contributed by atoms with Crippen LogP contribution in [0.4, 0.5) is 0 Å². The molecule has 0 aromatic carbocycles. The second-order valence-electron chi connectivity index (χ2n) is 7.44. The first-order valence-corrected chi connectivity index (χ1v) is 9.30. The van der Waals surface area contributed by atoms with Crippen LogP contribution in [0.15, 0.2) is 28.5 Å². The largest absolute Gasteiger partial charge is 0.312 e. The van der Waals surface area contributed by atoms with Crippen LogP contribution in [0.1, 0.15) is 31.9 Å². The van der Waals surface area contributed by atoms with E-state index in [4.69, 9.17) is 0 Å². The Balaban J connectivity index is 1.71. The van der Waals surface area contributed by atoms with E-state index in [1.807, 2.05) is 16.1 Å². The van der Waals surface area contributed by atoms with Crippen LogP contribution in [0, 0.1) is 11.8 Å². The van der Waals surface area contributed by atoms with Gasteiger partial charge in [0, 0.05) is 61.0 Å². The highest BCUT2D eigenvalue weighted by molar-refractivity contribution is 7.03. The monoisotopic (exact) mass is 329 g/mol. The lowest BCUT2D eigenvalue weighted by atomic mass is 9.82. The molecule has 0 N–H and O–H groups in total. The van der Waals surface area contributed by atoms with Gasteiger partial charge in [-0.15, -0.1) is 0 Å². The van der Waals surface area contributed by atoms with Gasteiger partial charge in [-0.2, -0.15) is 0 Å². The van der Waals surface area contributed by atoms with Crippen LogP contribution in [0.5, 0.6) is 0 Å². The van der Waals surface area contributed by atoms with Crippen molar-refractivity contribution in [2.24, 2.45) is 11.8 Å². The van der Waals surface area contributed by atoms with Crippen molar-refractivity contribution in [3.05, 3.63) is 39.8 Å². The molecule has 0 spiro atoms. The fraction of sp³-hybridized carbons (Fsp3) is 0.556. The number of hydrogen-bond acceptors (Lipinski definition) is 4. The van der Waals surface area contributed by atoms with Crippen LogP contribution in [0.3, 0.4) is 0 Å². The first-order chi connectivity index (χ1) is 11.1. The lowest BCUT2D eigenvalue weighted by Crippen LogP contribution is -2.48. The predicted molar refractivity (Wildman–Crippen MR) is 93.9 cm³/mol. The SMILES string of the molecule is CC(C)CN1C[C@@H]2C[C@H](C1)c1cc(-c3cnsc3)cc(=O)n1C2. The topological polar surface area (TPSA) is 38.1 Å². The summed E-state index contributed by atoms with van der Waals surface area (Å²) in [6, 6.07) is 4.01. The molecule has 0 saturated carbocycles. The van der Waals surface area contributed by atoms with Gasteiger partial charge in [0.2, 0.25) is 0 Å². The van der Waals surface area contributed by atoms with Crippen molar-refractivity contribution < 1.29 is 0 Å². The van der Waals surface area contributed by atoms with Crippen molar-refractivity contribution in [2.45, 2.75) is 32.7 Å². The molecule has 2 bridgehead atoms. The number of fused-ring (bicyclic) bond motifs is 4. The molecule has 4 nitrogen and oxygen atoms in total. The molecule has 4 rings (SSSR count). The highest BCUT2D eigenvalue weighted by Crippen LogP contribution is 2.36. The van der Waals surface area contributed by atoms with Crippen molar-refractivity contribution in [1.29, 1.82) is 0 Å². The zero-order valence-corrected chi connectivity index (χ0v) is 14.6. The van der Waals surface area contributed by atoms with Gasteiger partial charge in [0.1, 0.15) is 0 Å². The molecule has 1 fully saturated rings. The zero-order valence-electron chi connectivity index (χ0n) is 13.7. The molecule has 4 heterocycles. The summed E-state index contributed by atoms with van der Waals surface area (Å²) >= 11 is 1.44. The Kier molecular flexibility index (Phi) is 3.85. The Morgan fingerprint density at radius 2 is 2.13 bits per heavy atom. The lowest BCUT2D eigenvalue weighted by Gasteiger charge is -2.43. The summed E-state index contributed by atoms with van der Waals surface area (Å²) in [5.74, 6) is 1.80. The Morgan fingerprint density at radius 3 is 2.87 bits per heavy atom. The van der Waals surface area contributed by atoms with Gasteiger partial charge in [-0.05, 0) is 41.4 Å². The molecule has 0 unspecified atom stereocenters. The number of piperidine rings is 1. The first-order valence-electron chi connectivity index (χ1n) is 8.47. The molecule has 5 heteroatoms. The number of pyridine rings is 1. The molecule has 2 aromatic heterocycles. The number of rotatable bonds is 3. The summed E-state index contributed by atoms with van der Waals surface area (Å²) in [6.45, 7) is 8.82. The van der Waals surface area contributed by atoms with Gasteiger partial charge in [0.05, 0.1) is 0 Å². The minimum Gasteiger partial charge on any atom is -0.312 e. The zero-order chi connectivity index (χ0) is 16.0. The summed E-state index contributed by atoms with van der Waals surface area (Å²) in [6.07, 6.45) is 3.08. The van der Waals surface area contributed by atoms with Gasteiger partial charge >= 0.3 is 0 Å². The van der Waals surface area contributed by atoms with E-state index >= 15 is 0 Å². The van der Waals surface area contributed by atoms with Crippen molar-refractivity contribution in [3.63, 3.8) is 0 Å². The molecule has 23 heavy (non-hydrogen) atoms. The van der Waals surface area contributed by atoms with Crippen LogP contribution in [-0.2, 0) is 6.54 Å². The normalized spacial score (nSPS) is 24.0. The van der Waals surface area contributed by atoms with Crippen LogP contribution in [0.25, 0.3) is 11.1 Å². The van der Waals surface area contributed by atoms with E-state index < -0.39 is 0 Å². The van der Waals surface area contributed by atoms with E-state index in [1.54, 1.807) is 6.07 Å². The van der Waals surface area contributed by atoms with Gasteiger partial charge in [-0.25, -0.2) is 4.37 Å². The molecular formula is C18H23N3OS. The van der Waals surface area contributed by atoms with Crippen LogP contribution in [0.2, 0.25) is 0 Å². The van der Waals surface area contributed by atoms with E-state index in [1.165, 1.54) is 23.6 Å². The number of nitrogens with zero attached hydrogens (tertiary/aromatic N) is 3. The first kappa shape index (κ1) is 15.1. The Labute approximate surface area is 140 Å². The second kappa shape index (κ2) is 5.87. The average Bonchev–Trinajstić information content (AvgIpc) is 3.01. The number of hydrogen-bond donors (Lipinski definition) is 0. The molecule has 2 aliphatic heterocycles. The second-order valence-corrected chi connectivity index (χ2v) is 8.10. The molecule has 0 radical (unpaired) electrons. The van der Waals surface area contributed by atoms with Crippen molar-refractivity contribution in [3.8, 4) is 11.1 Å². The predicted octanol–water partition coefficient (Wildman–Crippen LogP) is 3.05. The van der Waals surface area contributed by atoms with E-state index in [2.05, 4.69) is 29.2 Å². The highest BCUT2D eigenvalue weighted by atomic mass is 32.1. The van der Waals surface area contributed by atoms with E-state index in [0.29, 0.717) is 17.8 Å². The molecule has 122 valence electrons. The van der Waals surface area contributed by atoms with Gasteiger partial charge in [0.25, 0.3) is 5.56 Å². The number of likely N-dealkylation sites (tertiary alicyclic amines) is 1. The quantitative estimate of drug-likeness (QED) is 0.869. The van der Waals surface area contributed by atoms with Crippen molar-refractivity contribution in [2.75, 3.05) is 19.6 Å². The van der Waals surface area contributed by atoms with Gasteiger partial charge in [0.15, 0.2) is 0 Å². The summed E-state index contributed by atoms with van der Waals surface area (Å²) in [5, 5.41) is 2.02. The summed E-state index contributed by atoms with van der Waals surface area (Å²) in [5.41, 5.74) is 3.46. The van der Waals surface area contributed by atoms with Crippen LogP contribution in [-0.4, -0.2) is 33.5 Å². The molecule has 0 amide bonds. The third-order valence-electron chi connectivity index (χ3n) is 5.02. The minimum atomic E-state index is 0.149. The standard InChI is InChI=1S/C18H23N3OS/c1-12(2)7-20-8-13-3-15(10-20)17-4-14(16-6-19-23-11-16)5-18(22)21(17)9-13/h4-6,11-13,15H,3,7-10H2,1-2H3/t13-,15+/m0/s1. The molecule has 2 aromatic rings. The van der Waals surface area contributed by atoms with Crippen molar-refractivity contribution >= 4 is 11.5 Å². The molecule has 2 aliphatic rings. The summed E-state index contributed by atoms with van der Waals surface area (Å²) in [4.78, 5) is 15.2. The average molecular weight is 329 g/mol. The minimum absolute atomic E-state index is 0.149. The molecular weight excluding hydrogens is 306 g/mol. The number of aromatic nitrogens is 2. The fourth-order valence-corrected chi connectivity index (χ4v) is 4.78.